The second-order valence-corrected chi connectivity index (χ2v) is 10.2. The molecule has 0 saturated carbocycles. The van der Waals surface area contributed by atoms with E-state index in [2.05, 4.69) is 34.3 Å². The smallest absolute Gasteiger partial charge is 0.261 e. The van der Waals surface area contributed by atoms with E-state index in [-0.39, 0.29) is 5.91 Å². The molecule has 0 spiro atoms. The number of rotatable bonds is 8. The van der Waals surface area contributed by atoms with E-state index in [1.165, 1.54) is 17.0 Å². The van der Waals surface area contributed by atoms with E-state index in [1.54, 1.807) is 31.2 Å². The van der Waals surface area contributed by atoms with Crippen LogP contribution in [-0.2, 0) is 21.4 Å². The molecule has 1 heterocycles. The summed E-state index contributed by atoms with van der Waals surface area (Å²) in [5.41, 5.74) is 2.75. The van der Waals surface area contributed by atoms with E-state index in [1.807, 2.05) is 12.1 Å². The van der Waals surface area contributed by atoms with E-state index in [4.69, 9.17) is 4.74 Å². The van der Waals surface area contributed by atoms with Gasteiger partial charge in [0.05, 0.1) is 11.9 Å². The zero-order chi connectivity index (χ0) is 23.3. The molecule has 1 saturated heterocycles. The summed E-state index contributed by atoms with van der Waals surface area (Å²) in [6, 6.07) is 14.9. The van der Waals surface area contributed by atoms with Crippen molar-refractivity contribution >= 4 is 27.3 Å². The Morgan fingerprint density at radius 2 is 1.66 bits per heavy atom. The van der Waals surface area contributed by atoms with Crippen molar-refractivity contribution < 1.29 is 17.9 Å². The van der Waals surface area contributed by atoms with Crippen LogP contribution < -0.4 is 19.3 Å². The lowest BCUT2D eigenvalue weighted by molar-refractivity contribution is -0.127. The van der Waals surface area contributed by atoms with Crippen LogP contribution >= 0.6 is 0 Å². The molecule has 3 rings (SSSR count). The molecule has 1 amide bonds. The van der Waals surface area contributed by atoms with Gasteiger partial charge in [0.25, 0.3) is 5.91 Å². The topological polar surface area (TPSA) is 82.2 Å². The molecule has 8 nitrogen and oxygen atoms in total. The number of sulfonamides is 1. The average molecular weight is 461 g/mol. The molecule has 0 unspecified atom stereocenters. The van der Waals surface area contributed by atoms with Crippen LogP contribution in [-0.4, -0.2) is 71.9 Å². The molecular weight excluding hydrogens is 428 g/mol. The van der Waals surface area contributed by atoms with Gasteiger partial charge in [0.2, 0.25) is 10.0 Å². The van der Waals surface area contributed by atoms with Gasteiger partial charge in [0.15, 0.2) is 6.10 Å². The molecule has 174 valence electrons. The maximum absolute atomic E-state index is 12.4. The van der Waals surface area contributed by atoms with Gasteiger partial charge >= 0.3 is 0 Å². The van der Waals surface area contributed by atoms with Crippen LogP contribution in [0, 0.1) is 0 Å². The van der Waals surface area contributed by atoms with Crippen molar-refractivity contribution in [2.24, 2.45) is 0 Å². The van der Waals surface area contributed by atoms with Gasteiger partial charge in [-0.3, -0.25) is 9.10 Å². The second-order valence-electron chi connectivity index (χ2n) is 8.16. The summed E-state index contributed by atoms with van der Waals surface area (Å²) in [7, 11) is 0.298. The summed E-state index contributed by atoms with van der Waals surface area (Å²) in [6.45, 7) is 6.27. The monoisotopic (exact) mass is 460 g/mol. The van der Waals surface area contributed by atoms with E-state index in [0.29, 0.717) is 18.0 Å². The Labute approximate surface area is 190 Å². The number of carbonyl (C=O) groups is 1. The first-order valence-electron chi connectivity index (χ1n) is 10.6. The number of anilines is 2. The highest BCUT2D eigenvalue weighted by Gasteiger charge is 2.17. The van der Waals surface area contributed by atoms with Crippen LogP contribution in [0.5, 0.6) is 5.75 Å². The first-order chi connectivity index (χ1) is 15.1. The third-order valence-corrected chi connectivity index (χ3v) is 6.86. The lowest BCUT2D eigenvalue weighted by Crippen LogP contribution is -2.44. The first kappa shape index (κ1) is 23.9. The molecule has 1 atom stereocenters. The molecule has 9 heteroatoms. The predicted octanol–water partition coefficient (Wildman–Crippen LogP) is 1.92. The first-order valence-corrected chi connectivity index (χ1v) is 12.5. The van der Waals surface area contributed by atoms with Crippen molar-refractivity contribution in [3.8, 4) is 5.75 Å². The minimum Gasteiger partial charge on any atom is -0.481 e. The summed E-state index contributed by atoms with van der Waals surface area (Å²) in [4.78, 5) is 17.1. The maximum Gasteiger partial charge on any atom is 0.261 e. The standard InChI is InChI=1S/C23H32N4O4S/c1-18(31-22-11-9-20(10-12-22)26(3)32(4,29)30)23(28)24-17-19-5-7-21(8-6-19)27-15-13-25(2)14-16-27/h5-12,18H,13-17H2,1-4H3,(H,24,28)/t18-/m0/s1. The molecule has 1 aliphatic heterocycles. The van der Waals surface area contributed by atoms with Gasteiger partial charge in [-0.2, -0.15) is 0 Å². The zero-order valence-electron chi connectivity index (χ0n) is 19.1. The molecular formula is C23H32N4O4S. The largest absolute Gasteiger partial charge is 0.481 e. The predicted molar refractivity (Wildman–Crippen MR) is 128 cm³/mol. The fourth-order valence-corrected chi connectivity index (χ4v) is 3.91. The number of carbonyl (C=O) groups excluding carboxylic acids is 1. The number of benzene rings is 2. The third kappa shape index (κ3) is 6.37. The highest BCUT2D eigenvalue weighted by molar-refractivity contribution is 7.92. The van der Waals surface area contributed by atoms with E-state index < -0.39 is 16.1 Å². The Hall–Kier alpha value is -2.78. The number of hydrogen-bond acceptors (Lipinski definition) is 6. The fourth-order valence-electron chi connectivity index (χ4n) is 3.41. The van der Waals surface area contributed by atoms with Gasteiger partial charge in [-0.05, 0) is 55.9 Å². The highest BCUT2D eigenvalue weighted by Crippen LogP contribution is 2.21. The summed E-state index contributed by atoms with van der Waals surface area (Å²) in [5.74, 6) is 0.278. The van der Waals surface area contributed by atoms with Crippen LogP contribution in [0.3, 0.4) is 0 Å². The number of likely N-dealkylation sites (N-methyl/N-ethyl adjacent to an activating group) is 1. The van der Waals surface area contributed by atoms with Gasteiger partial charge in [0, 0.05) is 45.5 Å². The summed E-state index contributed by atoms with van der Waals surface area (Å²) < 4.78 is 30.1. The maximum atomic E-state index is 12.4. The van der Waals surface area contributed by atoms with Crippen molar-refractivity contribution in [2.45, 2.75) is 19.6 Å². The fraction of sp³-hybridized carbons (Fsp3) is 0.435. The Kier molecular flexibility index (Phi) is 7.63. The van der Waals surface area contributed by atoms with E-state index >= 15 is 0 Å². The Bertz CT molecular complexity index is 1000. The number of hydrogen-bond donors (Lipinski definition) is 1. The van der Waals surface area contributed by atoms with Crippen molar-refractivity contribution in [1.29, 1.82) is 0 Å². The molecule has 1 fully saturated rings. The van der Waals surface area contributed by atoms with Crippen LogP contribution in [0.15, 0.2) is 48.5 Å². The second kappa shape index (κ2) is 10.2. The Morgan fingerprint density at radius 3 is 2.22 bits per heavy atom. The number of nitrogens with one attached hydrogen (secondary N) is 1. The number of amides is 1. The lowest BCUT2D eigenvalue weighted by atomic mass is 10.1. The van der Waals surface area contributed by atoms with Crippen molar-refractivity contribution in [3.05, 3.63) is 54.1 Å². The van der Waals surface area contributed by atoms with E-state index in [9.17, 15) is 13.2 Å². The number of ether oxygens (including phenoxy) is 1. The molecule has 1 N–H and O–H groups in total. The van der Waals surface area contributed by atoms with Crippen LogP contribution in [0.4, 0.5) is 11.4 Å². The summed E-state index contributed by atoms with van der Waals surface area (Å²) in [5, 5.41) is 2.90. The van der Waals surface area contributed by atoms with Crippen molar-refractivity contribution in [1.82, 2.24) is 10.2 Å². The minimum atomic E-state index is -3.33. The quantitative estimate of drug-likeness (QED) is 0.648. The van der Waals surface area contributed by atoms with Crippen molar-refractivity contribution in [2.75, 3.05) is 55.7 Å². The number of piperazine rings is 1. The molecule has 0 bridgehead atoms. The zero-order valence-corrected chi connectivity index (χ0v) is 19.9. The van der Waals surface area contributed by atoms with Gasteiger partial charge in [0.1, 0.15) is 5.75 Å². The molecule has 0 radical (unpaired) electrons. The normalized spacial score (nSPS) is 15.8. The number of nitrogens with zero attached hydrogens (tertiary/aromatic N) is 3. The van der Waals surface area contributed by atoms with E-state index in [0.717, 1.165) is 38.0 Å². The van der Waals surface area contributed by atoms with Crippen LogP contribution in [0.1, 0.15) is 12.5 Å². The molecule has 2 aromatic carbocycles. The van der Waals surface area contributed by atoms with Gasteiger partial charge in [-0.25, -0.2) is 8.42 Å². The molecule has 32 heavy (non-hydrogen) atoms. The molecule has 1 aliphatic rings. The van der Waals surface area contributed by atoms with Crippen LogP contribution in [0.2, 0.25) is 0 Å². The van der Waals surface area contributed by atoms with Gasteiger partial charge in [-0.1, -0.05) is 12.1 Å². The minimum absolute atomic E-state index is 0.217. The Balaban J connectivity index is 1.48. The van der Waals surface area contributed by atoms with Crippen LogP contribution in [0.25, 0.3) is 0 Å². The lowest BCUT2D eigenvalue weighted by Gasteiger charge is -2.34. The SMILES string of the molecule is C[C@H](Oc1ccc(N(C)S(C)(=O)=O)cc1)C(=O)NCc1ccc(N2CCN(C)CC2)cc1. The average Bonchev–Trinajstić information content (AvgIpc) is 2.77. The summed E-state index contributed by atoms with van der Waals surface area (Å²) >= 11 is 0. The molecule has 0 aliphatic carbocycles. The Morgan fingerprint density at radius 1 is 1.06 bits per heavy atom. The molecule has 0 aromatic heterocycles. The highest BCUT2D eigenvalue weighted by atomic mass is 32.2. The third-order valence-electron chi connectivity index (χ3n) is 5.65. The summed E-state index contributed by atoms with van der Waals surface area (Å²) in [6.07, 6.45) is 0.460. The van der Waals surface area contributed by atoms with Crippen molar-refractivity contribution in [3.63, 3.8) is 0 Å². The van der Waals surface area contributed by atoms with Gasteiger partial charge in [-0.15, -0.1) is 0 Å². The molecule has 2 aromatic rings. The van der Waals surface area contributed by atoms with Gasteiger partial charge < -0.3 is 19.9 Å².